The zero-order valence-corrected chi connectivity index (χ0v) is 11.7. The van der Waals surface area contributed by atoms with Gasteiger partial charge in [-0.2, -0.15) is 0 Å². The number of esters is 1. The van der Waals surface area contributed by atoms with Crippen LogP contribution in [0.3, 0.4) is 0 Å². The van der Waals surface area contributed by atoms with Crippen LogP contribution in [0.5, 0.6) is 0 Å². The van der Waals surface area contributed by atoms with Gasteiger partial charge in [-0.15, -0.1) is 0 Å². The molecule has 1 aromatic heterocycles. The van der Waals surface area contributed by atoms with Gasteiger partial charge >= 0.3 is 5.97 Å². The molecule has 0 spiro atoms. The van der Waals surface area contributed by atoms with Crippen molar-refractivity contribution in [3.8, 4) is 0 Å². The van der Waals surface area contributed by atoms with E-state index in [1.165, 1.54) is 13.3 Å². The normalized spacial score (nSPS) is 14.2. The third-order valence-electron chi connectivity index (χ3n) is 3.23. The first kappa shape index (κ1) is 14.2. The number of rotatable bonds is 4. The lowest BCUT2D eigenvalue weighted by atomic mass is 10.4. The molecule has 1 amide bonds. The Labute approximate surface area is 117 Å². The van der Waals surface area contributed by atoms with E-state index in [9.17, 15) is 9.59 Å². The van der Waals surface area contributed by atoms with Crippen molar-refractivity contribution in [2.45, 2.75) is 12.8 Å². The minimum absolute atomic E-state index is 0.00882. The summed E-state index contributed by atoms with van der Waals surface area (Å²) in [5.74, 6) is -0.00670. The van der Waals surface area contributed by atoms with Gasteiger partial charge in [0, 0.05) is 26.3 Å². The summed E-state index contributed by atoms with van der Waals surface area (Å²) in [6.07, 6.45) is 3.61. The first-order valence-electron chi connectivity index (χ1n) is 6.52. The SMILES string of the molecule is COC(=O)c1nccc(N(C)CC(=O)N2CCCC2)n1. The molecule has 0 radical (unpaired) electrons. The van der Waals surface area contributed by atoms with E-state index in [4.69, 9.17) is 0 Å². The number of nitrogens with zero attached hydrogens (tertiary/aromatic N) is 4. The van der Waals surface area contributed by atoms with Crippen molar-refractivity contribution < 1.29 is 14.3 Å². The highest BCUT2D eigenvalue weighted by atomic mass is 16.5. The molecule has 2 rings (SSSR count). The number of methoxy groups -OCH3 is 1. The maximum Gasteiger partial charge on any atom is 0.376 e. The van der Waals surface area contributed by atoms with Crippen LogP contribution in [0.2, 0.25) is 0 Å². The second kappa shape index (κ2) is 6.31. The number of likely N-dealkylation sites (N-methyl/N-ethyl adjacent to an activating group) is 1. The van der Waals surface area contributed by atoms with Gasteiger partial charge in [0.1, 0.15) is 5.82 Å². The molecule has 1 fully saturated rings. The molecule has 7 nitrogen and oxygen atoms in total. The van der Waals surface area contributed by atoms with E-state index in [2.05, 4.69) is 14.7 Å². The smallest absolute Gasteiger partial charge is 0.376 e. The molecule has 1 saturated heterocycles. The van der Waals surface area contributed by atoms with Crippen LogP contribution in [0.25, 0.3) is 0 Å². The number of likely N-dealkylation sites (tertiary alicyclic amines) is 1. The fourth-order valence-electron chi connectivity index (χ4n) is 2.10. The van der Waals surface area contributed by atoms with Crippen molar-refractivity contribution in [1.82, 2.24) is 14.9 Å². The summed E-state index contributed by atoms with van der Waals surface area (Å²) >= 11 is 0. The summed E-state index contributed by atoms with van der Waals surface area (Å²) < 4.78 is 4.58. The van der Waals surface area contributed by atoms with Crippen LogP contribution in [0.4, 0.5) is 5.82 Å². The van der Waals surface area contributed by atoms with Gasteiger partial charge in [0.25, 0.3) is 0 Å². The van der Waals surface area contributed by atoms with E-state index in [-0.39, 0.29) is 18.3 Å². The lowest BCUT2D eigenvalue weighted by Crippen LogP contribution is -2.37. The lowest BCUT2D eigenvalue weighted by Gasteiger charge is -2.22. The van der Waals surface area contributed by atoms with E-state index >= 15 is 0 Å². The van der Waals surface area contributed by atoms with Gasteiger partial charge < -0.3 is 14.5 Å². The molecule has 0 unspecified atom stereocenters. The average Bonchev–Trinajstić information content (AvgIpc) is 3.00. The van der Waals surface area contributed by atoms with Crippen LogP contribution < -0.4 is 4.90 Å². The number of carbonyl (C=O) groups excluding carboxylic acids is 2. The molecule has 0 saturated carbocycles. The fourth-order valence-corrected chi connectivity index (χ4v) is 2.10. The highest BCUT2D eigenvalue weighted by Crippen LogP contribution is 2.11. The summed E-state index contributed by atoms with van der Waals surface area (Å²) in [6, 6.07) is 1.66. The maximum atomic E-state index is 12.1. The number of ether oxygens (including phenoxy) is 1. The number of hydrogen-bond donors (Lipinski definition) is 0. The molecular weight excluding hydrogens is 260 g/mol. The summed E-state index contributed by atoms with van der Waals surface area (Å²) in [6.45, 7) is 1.88. The maximum absolute atomic E-state index is 12.1. The van der Waals surface area contributed by atoms with Gasteiger partial charge in [-0.3, -0.25) is 4.79 Å². The van der Waals surface area contributed by atoms with E-state index in [0.717, 1.165) is 25.9 Å². The fraction of sp³-hybridized carbons (Fsp3) is 0.538. The summed E-state index contributed by atoms with van der Waals surface area (Å²) in [7, 11) is 3.04. The van der Waals surface area contributed by atoms with Crippen LogP contribution in [0.1, 0.15) is 23.5 Å². The molecule has 0 aromatic carbocycles. The van der Waals surface area contributed by atoms with Crippen molar-refractivity contribution in [2.75, 3.05) is 38.7 Å². The van der Waals surface area contributed by atoms with Gasteiger partial charge in [0.15, 0.2) is 0 Å². The summed E-state index contributed by atoms with van der Waals surface area (Å²) in [5.41, 5.74) is 0. The van der Waals surface area contributed by atoms with Crippen LogP contribution in [0.15, 0.2) is 12.3 Å². The topological polar surface area (TPSA) is 75.6 Å². The Morgan fingerprint density at radius 2 is 2.10 bits per heavy atom. The van der Waals surface area contributed by atoms with Crippen molar-refractivity contribution in [1.29, 1.82) is 0 Å². The second-order valence-corrected chi connectivity index (χ2v) is 4.67. The Hall–Kier alpha value is -2.18. The zero-order valence-electron chi connectivity index (χ0n) is 11.7. The molecule has 2 heterocycles. The van der Waals surface area contributed by atoms with E-state index < -0.39 is 5.97 Å². The Morgan fingerprint density at radius 3 is 2.75 bits per heavy atom. The van der Waals surface area contributed by atoms with Crippen LogP contribution >= 0.6 is 0 Å². The first-order chi connectivity index (χ1) is 9.61. The van der Waals surface area contributed by atoms with Gasteiger partial charge in [-0.25, -0.2) is 14.8 Å². The number of aromatic nitrogens is 2. The summed E-state index contributed by atoms with van der Waals surface area (Å²) in [5, 5.41) is 0. The highest BCUT2D eigenvalue weighted by Gasteiger charge is 2.20. The van der Waals surface area contributed by atoms with Crippen molar-refractivity contribution in [2.24, 2.45) is 0 Å². The van der Waals surface area contributed by atoms with Crippen molar-refractivity contribution in [3.05, 3.63) is 18.1 Å². The largest absolute Gasteiger partial charge is 0.463 e. The molecule has 1 aliphatic rings. The molecule has 7 heteroatoms. The van der Waals surface area contributed by atoms with Gasteiger partial charge in [-0.05, 0) is 18.9 Å². The zero-order chi connectivity index (χ0) is 14.5. The van der Waals surface area contributed by atoms with E-state index in [0.29, 0.717) is 5.82 Å². The highest BCUT2D eigenvalue weighted by molar-refractivity contribution is 5.85. The second-order valence-electron chi connectivity index (χ2n) is 4.67. The summed E-state index contributed by atoms with van der Waals surface area (Å²) in [4.78, 5) is 34.9. The van der Waals surface area contributed by atoms with Crippen LogP contribution in [-0.2, 0) is 9.53 Å². The standard InChI is InChI=1S/C13H18N4O3/c1-16(9-11(18)17-7-3-4-8-17)10-5-6-14-12(15-10)13(19)20-2/h5-6H,3-4,7-9H2,1-2H3. The minimum atomic E-state index is -0.592. The molecule has 1 aromatic rings. The van der Waals surface area contributed by atoms with E-state index in [1.807, 2.05) is 4.90 Å². The van der Waals surface area contributed by atoms with Crippen LogP contribution in [-0.4, -0.2) is 60.5 Å². The van der Waals surface area contributed by atoms with E-state index in [1.54, 1.807) is 18.0 Å². The molecule has 108 valence electrons. The first-order valence-corrected chi connectivity index (χ1v) is 6.52. The monoisotopic (exact) mass is 278 g/mol. The third-order valence-corrected chi connectivity index (χ3v) is 3.23. The number of amides is 1. The number of anilines is 1. The van der Waals surface area contributed by atoms with Gasteiger partial charge in [0.2, 0.25) is 11.7 Å². The molecule has 0 N–H and O–H groups in total. The molecule has 0 aliphatic carbocycles. The number of hydrogen-bond acceptors (Lipinski definition) is 6. The molecule has 0 atom stereocenters. The molecule has 0 bridgehead atoms. The van der Waals surface area contributed by atoms with Gasteiger partial charge in [-0.1, -0.05) is 0 Å². The van der Waals surface area contributed by atoms with Crippen molar-refractivity contribution in [3.63, 3.8) is 0 Å². The average molecular weight is 278 g/mol. The molecule has 20 heavy (non-hydrogen) atoms. The Bertz CT molecular complexity index is 500. The van der Waals surface area contributed by atoms with Crippen molar-refractivity contribution >= 4 is 17.7 Å². The quantitative estimate of drug-likeness (QED) is 0.738. The molecule has 1 aliphatic heterocycles. The molecular formula is C13H18N4O3. The van der Waals surface area contributed by atoms with Gasteiger partial charge in [0.05, 0.1) is 13.7 Å². The Balaban J connectivity index is 2.03. The Kier molecular flexibility index (Phi) is 4.49. The van der Waals surface area contributed by atoms with Crippen LogP contribution in [0, 0.1) is 0 Å². The number of carbonyl (C=O) groups is 2. The predicted molar refractivity (Wildman–Crippen MR) is 72.5 cm³/mol. The third kappa shape index (κ3) is 3.23. The minimum Gasteiger partial charge on any atom is -0.463 e. The Morgan fingerprint density at radius 1 is 1.40 bits per heavy atom. The predicted octanol–water partition coefficient (Wildman–Crippen LogP) is 0.322. The lowest BCUT2D eigenvalue weighted by molar-refractivity contribution is -0.128.